The van der Waals surface area contributed by atoms with Crippen LogP contribution in [0.25, 0.3) is 0 Å². The second kappa shape index (κ2) is 6.12. The first-order valence-electron chi connectivity index (χ1n) is 0.783. The summed E-state index contributed by atoms with van der Waals surface area (Å²) in [5, 5.41) is 0. The normalized spacial score (nSPS) is 8.43. The molecule has 0 aromatic carbocycles. The zero-order valence-electron chi connectivity index (χ0n) is 5.61. The van der Waals surface area contributed by atoms with E-state index in [1.165, 1.54) is 0 Å². The zero-order chi connectivity index (χ0) is 4.50. The summed E-state index contributed by atoms with van der Waals surface area (Å²) < 4.78 is 8.88. The van der Waals surface area contributed by atoms with Gasteiger partial charge in [0.05, 0.1) is 0 Å². The first kappa shape index (κ1) is 16.0. The van der Waals surface area contributed by atoms with Crippen LogP contribution in [-0.4, -0.2) is 52.4 Å². The molecule has 4 nitrogen and oxygen atoms in total. The summed E-state index contributed by atoms with van der Waals surface area (Å²) in [6.07, 6.45) is 0. The maximum absolute atomic E-state index is 8.88. The summed E-state index contributed by atoms with van der Waals surface area (Å²) in [6, 6.07) is 0. The van der Waals surface area contributed by atoms with Gasteiger partial charge in [0.25, 0.3) is 0 Å². The molecule has 0 spiro atoms. The molecule has 0 aromatic rings. The van der Waals surface area contributed by atoms with Gasteiger partial charge in [0.2, 0.25) is 0 Å². The van der Waals surface area contributed by atoms with Gasteiger partial charge in [-0.25, -0.2) is 4.57 Å². The fourth-order valence-corrected chi connectivity index (χ4v) is 0. The number of hydrogen-bond donors (Lipinski definition) is 3. The van der Waals surface area contributed by atoms with Crippen LogP contribution in [-0.2, 0) is 24.0 Å². The van der Waals surface area contributed by atoms with E-state index in [4.69, 9.17) is 19.2 Å². The van der Waals surface area contributed by atoms with E-state index in [2.05, 4.69) is 0 Å². The Morgan fingerprint density at radius 3 is 1.29 bits per heavy atom. The monoisotopic (exact) mass is 204 g/mol. The van der Waals surface area contributed by atoms with Crippen LogP contribution in [0.15, 0.2) is 0 Å². The van der Waals surface area contributed by atoms with Crippen molar-refractivity contribution in [2.24, 2.45) is 0 Å². The van der Waals surface area contributed by atoms with E-state index < -0.39 is 7.82 Å². The standard InChI is InChI=1S/Ca.H3O4P.Zn.2H/c;1-5(2,3)4;;;/h;(H3,1,2,3,4);;;/q+2;;;2*-1. The summed E-state index contributed by atoms with van der Waals surface area (Å²) in [5.41, 5.74) is 0. The molecule has 0 fully saturated rings. The van der Waals surface area contributed by atoms with Gasteiger partial charge in [0, 0.05) is 19.5 Å². The molecule has 38 valence electrons. The summed E-state index contributed by atoms with van der Waals surface area (Å²) in [6.45, 7) is 0. The van der Waals surface area contributed by atoms with Gasteiger partial charge >= 0.3 is 45.6 Å². The third kappa shape index (κ3) is 72.3. The van der Waals surface area contributed by atoms with Gasteiger partial charge in [0.15, 0.2) is 0 Å². The summed E-state index contributed by atoms with van der Waals surface area (Å²) >= 11 is 0. The first-order valence-corrected chi connectivity index (χ1v) is 2.35. The second-order valence-corrected chi connectivity index (χ2v) is 1.54. The van der Waals surface area contributed by atoms with Crippen molar-refractivity contribution in [1.29, 1.82) is 0 Å². The topological polar surface area (TPSA) is 77.8 Å². The Balaban J connectivity index is -0.0000000133. The Labute approximate surface area is 86.3 Å². The molecule has 0 aliphatic rings. The molecule has 0 atom stereocenters. The molecule has 0 saturated carbocycles. The van der Waals surface area contributed by atoms with Crippen LogP contribution >= 0.6 is 7.82 Å². The maximum atomic E-state index is 8.88. The van der Waals surface area contributed by atoms with Gasteiger partial charge < -0.3 is 17.5 Å². The molecule has 0 amide bonds. The predicted octanol–water partition coefficient (Wildman–Crippen LogP) is -1.09. The number of phosphoric acid groups is 1. The van der Waals surface area contributed by atoms with Crippen molar-refractivity contribution in [3.63, 3.8) is 0 Å². The van der Waals surface area contributed by atoms with Gasteiger partial charge in [-0.05, 0) is 0 Å². The van der Waals surface area contributed by atoms with Crippen molar-refractivity contribution >= 4 is 45.6 Å². The Bertz CT molecular complexity index is 64.7. The van der Waals surface area contributed by atoms with E-state index in [1.807, 2.05) is 0 Å². The first-order chi connectivity index (χ1) is 2.00. The quantitative estimate of drug-likeness (QED) is 0.347. The molecule has 0 aliphatic heterocycles. The van der Waals surface area contributed by atoms with Crippen molar-refractivity contribution in [3.8, 4) is 0 Å². The van der Waals surface area contributed by atoms with Crippen molar-refractivity contribution in [3.05, 3.63) is 0 Å². The SMILES string of the molecule is O=P(O)(O)O.[Ca+2].[H-].[H-].[Zn]. The molecule has 0 aromatic heterocycles. The number of hydrogen-bond acceptors (Lipinski definition) is 1. The minimum absolute atomic E-state index is 0. The Hall–Kier alpha value is 1.99. The van der Waals surface area contributed by atoms with Crippen LogP contribution < -0.4 is 0 Å². The third-order valence-corrected chi connectivity index (χ3v) is 0. The van der Waals surface area contributed by atoms with Gasteiger partial charge in [-0.2, -0.15) is 0 Å². The average molecular weight is 205 g/mol. The van der Waals surface area contributed by atoms with Gasteiger partial charge in [-0.15, -0.1) is 0 Å². The van der Waals surface area contributed by atoms with Crippen molar-refractivity contribution in [1.82, 2.24) is 0 Å². The molecule has 0 radical (unpaired) electrons. The molecule has 0 unspecified atom stereocenters. The fraction of sp³-hybridized carbons (Fsp3) is 0. The minimum atomic E-state index is -4.64. The maximum Gasteiger partial charge on any atom is 2.00 e. The fourth-order valence-electron chi connectivity index (χ4n) is 0. The van der Waals surface area contributed by atoms with Crippen LogP contribution in [0.1, 0.15) is 2.85 Å². The Kier molecular flexibility index (Phi) is 14.0. The largest absolute Gasteiger partial charge is 2.00 e. The Morgan fingerprint density at radius 2 is 1.29 bits per heavy atom. The average Bonchev–Trinajstić information content (AvgIpc) is 0.722. The zero-order valence-corrected chi connectivity index (χ0v) is 9.68. The van der Waals surface area contributed by atoms with Gasteiger partial charge in [0.1, 0.15) is 0 Å². The summed E-state index contributed by atoms with van der Waals surface area (Å²) in [5.74, 6) is 0. The van der Waals surface area contributed by atoms with E-state index in [0.29, 0.717) is 0 Å². The Morgan fingerprint density at radius 1 is 1.29 bits per heavy atom. The summed E-state index contributed by atoms with van der Waals surface area (Å²) in [7, 11) is -4.64. The van der Waals surface area contributed by atoms with E-state index in [-0.39, 0.29) is 60.1 Å². The van der Waals surface area contributed by atoms with Crippen molar-refractivity contribution in [2.75, 3.05) is 0 Å². The van der Waals surface area contributed by atoms with Crippen LogP contribution in [0, 0.1) is 0 Å². The molecule has 0 rings (SSSR count). The summed E-state index contributed by atoms with van der Waals surface area (Å²) in [4.78, 5) is 21.6. The molecule has 0 heterocycles. The van der Waals surface area contributed by atoms with Crippen LogP contribution in [0.2, 0.25) is 0 Å². The van der Waals surface area contributed by atoms with Crippen LogP contribution in [0.3, 0.4) is 0 Å². The van der Waals surface area contributed by atoms with Crippen LogP contribution in [0.5, 0.6) is 0 Å². The van der Waals surface area contributed by atoms with E-state index in [1.54, 1.807) is 0 Å². The van der Waals surface area contributed by atoms with E-state index in [9.17, 15) is 0 Å². The molecule has 0 aliphatic carbocycles. The molecule has 7 heteroatoms. The number of rotatable bonds is 0. The predicted molar refractivity (Wildman–Crippen MR) is 22.2 cm³/mol. The van der Waals surface area contributed by atoms with Crippen LogP contribution in [0.4, 0.5) is 0 Å². The minimum Gasteiger partial charge on any atom is -1.00 e. The molecule has 0 bridgehead atoms. The van der Waals surface area contributed by atoms with E-state index in [0.717, 1.165) is 0 Å². The molecular formula is H5CaO4PZn. The van der Waals surface area contributed by atoms with Crippen molar-refractivity contribution < 1.29 is 41.6 Å². The van der Waals surface area contributed by atoms with E-state index >= 15 is 0 Å². The molecule has 7 heavy (non-hydrogen) atoms. The second-order valence-electron chi connectivity index (χ2n) is 0.513. The smallest absolute Gasteiger partial charge is 1.00 e. The molecule has 3 N–H and O–H groups in total. The van der Waals surface area contributed by atoms with Gasteiger partial charge in [-0.1, -0.05) is 0 Å². The van der Waals surface area contributed by atoms with Gasteiger partial charge in [-0.3, -0.25) is 0 Å². The third-order valence-electron chi connectivity index (χ3n) is 0. The molecular weight excluding hydrogens is 200 g/mol. The van der Waals surface area contributed by atoms with Crippen molar-refractivity contribution in [2.45, 2.75) is 0 Å². The molecule has 0 saturated heterocycles.